The van der Waals surface area contributed by atoms with E-state index < -0.39 is 11.7 Å². The number of amides is 1. The van der Waals surface area contributed by atoms with Gasteiger partial charge in [0.05, 0.1) is 12.6 Å². The van der Waals surface area contributed by atoms with Crippen molar-refractivity contribution < 1.29 is 18.7 Å². The minimum absolute atomic E-state index is 0.160. The van der Waals surface area contributed by atoms with Crippen LogP contribution in [-0.4, -0.2) is 64.6 Å². The van der Waals surface area contributed by atoms with Crippen molar-refractivity contribution in [3.8, 4) is 0 Å². The number of nitrogens with zero attached hydrogens (tertiary/aromatic N) is 3. The number of oxazole rings is 1. The lowest BCUT2D eigenvalue weighted by Gasteiger charge is -2.34. The molecule has 1 saturated heterocycles. The zero-order valence-corrected chi connectivity index (χ0v) is 16.4. The predicted molar refractivity (Wildman–Crippen MR) is 108 cm³/mol. The van der Waals surface area contributed by atoms with Crippen LogP contribution in [0.25, 0.3) is 0 Å². The molecule has 2 aromatic rings. The molecule has 0 spiro atoms. The molecular formula is C21H27FN4O3. The number of hydrogen-bond acceptors (Lipinski definition) is 6. The smallest absolute Gasteiger partial charge is 0.277 e. The molecule has 1 aromatic heterocycles. The van der Waals surface area contributed by atoms with Crippen LogP contribution in [0.4, 0.5) is 10.1 Å². The van der Waals surface area contributed by atoms with Gasteiger partial charge in [-0.15, -0.1) is 6.58 Å². The highest BCUT2D eigenvalue weighted by atomic mass is 19.1. The van der Waals surface area contributed by atoms with E-state index in [4.69, 9.17) is 4.42 Å². The number of rotatable bonds is 9. The summed E-state index contributed by atoms with van der Waals surface area (Å²) in [7, 11) is 0. The average molecular weight is 402 g/mol. The number of nitrogens with one attached hydrogen (secondary N) is 1. The third-order valence-corrected chi connectivity index (χ3v) is 4.86. The lowest BCUT2D eigenvalue weighted by atomic mass is 10.1. The van der Waals surface area contributed by atoms with Gasteiger partial charge in [-0.3, -0.25) is 14.6 Å². The Morgan fingerprint density at radius 2 is 2.10 bits per heavy atom. The lowest BCUT2D eigenvalue weighted by Crippen LogP contribution is -2.48. The Kier molecular flexibility index (Phi) is 7.51. The van der Waals surface area contributed by atoms with Crippen LogP contribution in [-0.2, 0) is 6.54 Å². The zero-order valence-electron chi connectivity index (χ0n) is 16.4. The van der Waals surface area contributed by atoms with E-state index in [2.05, 4.69) is 26.7 Å². The normalized spacial score (nSPS) is 16.5. The van der Waals surface area contributed by atoms with Crippen LogP contribution in [0.3, 0.4) is 0 Å². The third-order valence-electron chi connectivity index (χ3n) is 4.86. The Morgan fingerprint density at radius 3 is 2.83 bits per heavy atom. The Labute approximate surface area is 169 Å². The Morgan fingerprint density at radius 1 is 1.34 bits per heavy atom. The molecule has 2 heterocycles. The molecule has 1 aromatic carbocycles. The van der Waals surface area contributed by atoms with Crippen LogP contribution in [0.15, 0.2) is 47.6 Å². The topological polar surface area (TPSA) is 81.8 Å². The van der Waals surface area contributed by atoms with E-state index in [0.29, 0.717) is 24.7 Å². The Balaban J connectivity index is 1.44. The molecule has 0 aliphatic carbocycles. The minimum Gasteiger partial charge on any atom is -0.447 e. The molecule has 1 atom stereocenters. The SMILES string of the molecule is C=CCCC(O)CN1CCN(Cc2nc(C(=O)Nc3cccc(F)c3)co2)CC1. The number of hydrogen-bond donors (Lipinski definition) is 2. The second kappa shape index (κ2) is 10.3. The number of anilines is 1. The van der Waals surface area contributed by atoms with Crippen LogP contribution >= 0.6 is 0 Å². The molecule has 156 valence electrons. The third kappa shape index (κ3) is 6.49. The fourth-order valence-electron chi connectivity index (χ4n) is 3.27. The summed E-state index contributed by atoms with van der Waals surface area (Å²) < 4.78 is 18.7. The van der Waals surface area contributed by atoms with Crippen LogP contribution in [0, 0.1) is 5.82 Å². The van der Waals surface area contributed by atoms with Gasteiger partial charge in [-0.1, -0.05) is 12.1 Å². The van der Waals surface area contributed by atoms with Crippen molar-refractivity contribution in [1.82, 2.24) is 14.8 Å². The number of carbonyl (C=O) groups is 1. The van der Waals surface area contributed by atoms with E-state index >= 15 is 0 Å². The standard InChI is InChI=1S/C21H27FN4O3/c1-2-3-7-18(27)13-25-8-10-26(11-9-25)14-20-24-19(15-29-20)21(28)23-17-6-4-5-16(22)12-17/h2,4-6,12,15,18,27H,1,3,7-11,13-14H2,(H,23,28). The number of halogens is 1. The maximum absolute atomic E-state index is 13.2. The largest absolute Gasteiger partial charge is 0.447 e. The molecule has 1 aliphatic heterocycles. The van der Waals surface area contributed by atoms with Gasteiger partial charge in [0.1, 0.15) is 12.1 Å². The van der Waals surface area contributed by atoms with Crippen molar-refractivity contribution in [3.05, 3.63) is 60.6 Å². The first-order valence-corrected chi connectivity index (χ1v) is 9.78. The molecule has 1 fully saturated rings. The minimum atomic E-state index is -0.441. The van der Waals surface area contributed by atoms with Crippen LogP contribution < -0.4 is 5.32 Å². The first-order valence-electron chi connectivity index (χ1n) is 9.78. The zero-order chi connectivity index (χ0) is 20.6. The number of carbonyl (C=O) groups excluding carboxylic acids is 1. The van der Waals surface area contributed by atoms with Crippen molar-refractivity contribution in [2.45, 2.75) is 25.5 Å². The second-order valence-corrected chi connectivity index (χ2v) is 7.19. The van der Waals surface area contributed by atoms with E-state index in [1.54, 1.807) is 6.07 Å². The van der Waals surface area contributed by atoms with E-state index in [1.165, 1.54) is 24.5 Å². The molecule has 7 nitrogen and oxygen atoms in total. The average Bonchev–Trinajstić information content (AvgIpc) is 3.16. The van der Waals surface area contributed by atoms with Gasteiger partial charge in [0.15, 0.2) is 5.69 Å². The molecule has 1 unspecified atom stereocenters. The summed E-state index contributed by atoms with van der Waals surface area (Å²) in [6.07, 6.45) is 4.37. The van der Waals surface area contributed by atoms with Gasteiger partial charge in [-0.25, -0.2) is 9.37 Å². The van der Waals surface area contributed by atoms with Gasteiger partial charge >= 0.3 is 0 Å². The molecule has 29 heavy (non-hydrogen) atoms. The highest BCUT2D eigenvalue weighted by Crippen LogP contribution is 2.13. The van der Waals surface area contributed by atoms with E-state index in [1.807, 2.05) is 6.08 Å². The van der Waals surface area contributed by atoms with E-state index in [0.717, 1.165) is 39.0 Å². The molecule has 0 saturated carbocycles. The lowest BCUT2D eigenvalue weighted by molar-refractivity contribution is 0.0642. The second-order valence-electron chi connectivity index (χ2n) is 7.19. The summed E-state index contributed by atoms with van der Waals surface area (Å²) in [5.41, 5.74) is 0.527. The molecule has 3 rings (SSSR count). The summed E-state index contributed by atoms with van der Waals surface area (Å²) in [5.74, 6) is -0.395. The van der Waals surface area contributed by atoms with Crippen LogP contribution in [0.2, 0.25) is 0 Å². The molecule has 1 aliphatic rings. The number of aromatic nitrogens is 1. The number of piperazine rings is 1. The van der Waals surface area contributed by atoms with Crippen molar-refractivity contribution in [2.24, 2.45) is 0 Å². The predicted octanol–water partition coefficient (Wildman–Crippen LogP) is 2.51. The summed E-state index contributed by atoms with van der Waals surface area (Å²) in [4.78, 5) is 20.9. The van der Waals surface area contributed by atoms with Crippen molar-refractivity contribution in [3.63, 3.8) is 0 Å². The van der Waals surface area contributed by atoms with Crippen molar-refractivity contribution in [2.75, 3.05) is 38.0 Å². The monoisotopic (exact) mass is 402 g/mol. The van der Waals surface area contributed by atoms with Gasteiger partial charge in [-0.2, -0.15) is 0 Å². The molecular weight excluding hydrogens is 375 g/mol. The molecule has 2 N–H and O–H groups in total. The number of benzene rings is 1. The van der Waals surface area contributed by atoms with Crippen LogP contribution in [0.5, 0.6) is 0 Å². The summed E-state index contributed by atoms with van der Waals surface area (Å²) in [6, 6.07) is 5.69. The first-order chi connectivity index (χ1) is 14.0. The first kappa shape index (κ1) is 21.2. The number of allylic oxidation sites excluding steroid dienone is 1. The van der Waals surface area contributed by atoms with Gasteiger partial charge in [-0.05, 0) is 31.0 Å². The van der Waals surface area contributed by atoms with Crippen molar-refractivity contribution >= 4 is 11.6 Å². The fraction of sp³-hybridized carbons (Fsp3) is 0.429. The van der Waals surface area contributed by atoms with Gasteiger partial charge in [0, 0.05) is 38.4 Å². The van der Waals surface area contributed by atoms with Gasteiger partial charge in [0.25, 0.3) is 5.91 Å². The van der Waals surface area contributed by atoms with E-state index in [-0.39, 0.29) is 11.8 Å². The Hall–Kier alpha value is -2.55. The fourth-order valence-corrected chi connectivity index (χ4v) is 3.27. The molecule has 1 amide bonds. The number of aliphatic hydroxyl groups is 1. The van der Waals surface area contributed by atoms with Crippen LogP contribution in [0.1, 0.15) is 29.2 Å². The summed E-state index contributed by atoms with van der Waals surface area (Å²) in [5, 5.41) is 12.6. The maximum Gasteiger partial charge on any atom is 0.277 e. The summed E-state index contributed by atoms with van der Waals surface area (Å²) in [6.45, 7) is 8.25. The van der Waals surface area contributed by atoms with Gasteiger partial charge < -0.3 is 14.8 Å². The Bertz CT molecular complexity index is 818. The number of β-amino-alcohol motifs (C(OH)–C–C–N with tert-alkyl or cyclic N) is 1. The molecule has 0 bridgehead atoms. The van der Waals surface area contributed by atoms with Crippen molar-refractivity contribution in [1.29, 1.82) is 0 Å². The maximum atomic E-state index is 13.2. The van der Waals surface area contributed by atoms with E-state index in [9.17, 15) is 14.3 Å². The van der Waals surface area contributed by atoms with Gasteiger partial charge in [0.2, 0.25) is 5.89 Å². The number of aliphatic hydroxyl groups excluding tert-OH is 1. The highest BCUT2D eigenvalue weighted by molar-refractivity contribution is 6.02. The quantitative estimate of drug-likeness (QED) is 0.628. The molecule has 8 heteroatoms. The highest BCUT2D eigenvalue weighted by Gasteiger charge is 2.21. The summed E-state index contributed by atoms with van der Waals surface area (Å²) >= 11 is 0. The molecule has 0 radical (unpaired) electrons.